The molecule has 1 aromatic heterocycles. The first-order chi connectivity index (χ1) is 16.3. The van der Waals surface area contributed by atoms with Gasteiger partial charge in [-0.1, -0.05) is 34.1 Å². The number of fused-ring (bicyclic) bond motifs is 1. The zero-order chi connectivity index (χ0) is 24.2. The van der Waals surface area contributed by atoms with Crippen LogP contribution in [0.5, 0.6) is 5.75 Å². The van der Waals surface area contributed by atoms with Crippen LogP contribution in [-0.4, -0.2) is 24.0 Å². The maximum absolute atomic E-state index is 12.7. The Balaban J connectivity index is 1.37. The van der Waals surface area contributed by atoms with E-state index in [1.807, 2.05) is 18.2 Å². The second kappa shape index (κ2) is 10.4. The molecule has 2 amide bonds. The van der Waals surface area contributed by atoms with Gasteiger partial charge in [0, 0.05) is 21.2 Å². The van der Waals surface area contributed by atoms with Gasteiger partial charge >= 0.3 is 0 Å². The van der Waals surface area contributed by atoms with Gasteiger partial charge in [-0.3, -0.25) is 14.9 Å². The summed E-state index contributed by atoms with van der Waals surface area (Å²) in [4.78, 5) is 25.2. The van der Waals surface area contributed by atoms with Gasteiger partial charge in [-0.2, -0.15) is 0 Å². The molecular weight excluding hydrogens is 586 g/mol. The molecule has 3 aromatic carbocycles. The van der Waals surface area contributed by atoms with Crippen molar-refractivity contribution in [2.75, 3.05) is 17.7 Å². The van der Waals surface area contributed by atoms with E-state index in [4.69, 9.17) is 21.4 Å². The molecule has 0 saturated heterocycles. The lowest BCUT2D eigenvalue weighted by Gasteiger charge is -2.13. The van der Waals surface area contributed by atoms with Crippen LogP contribution in [0.25, 0.3) is 11.0 Å². The van der Waals surface area contributed by atoms with E-state index < -0.39 is 5.91 Å². The van der Waals surface area contributed by atoms with Gasteiger partial charge in [-0.15, -0.1) is 0 Å². The van der Waals surface area contributed by atoms with E-state index in [1.165, 1.54) is 7.11 Å². The van der Waals surface area contributed by atoms with Crippen LogP contribution in [0.1, 0.15) is 20.9 Å². The molecule has 0 spiro atoms. The summed E-state index contributed by atoms with van der Waals surface area (Å²) in [6.45, 7) is 0. The lowest BCUT2D eigenvalue weighted by Crippen LogP contribution is -2.34. The zero-order valence-electron chi connectivity index (χ0n) is 17.6. The molecule has 0 bridgehead atoms. The third-order valence-corrected chi connectivity index (χ3v) is 5.99. The fraction of sp³-hybridized carbons (Fsp3) is 0.0417. The molecule has 0 aliphatic carbocycles. The first-order valence-corrected chi connectivity index (χ1v) is 11.9. The predicted octanol–water partition coefficient (Wildman–Crippen LogP) is 6.35. The van der Waals surface area contributed by atoms with Crippen molar-refractivity contribution in [2.24, 2.45) is 0 Å². The highest BCUT2D eigenvalue weighted by molar-refractivity contribution is 9.11. The normalized spacial score (nSPS) is 10.6. The van der Waals surface area contributed by atoms with Gasteiger partial charge in [0.1, 0.15) is 11.3 Å². The third-order valence-electron chi connectivity index (χ3n) is 4.73. The maximum Gasteiger partial charge on any atom is 0.291 e. The molecule has 34 heavy (non-hydrogen) atoms. The Hall–Kier alpha value is -3.21. The first-order valence-electron chi connectivity index (χ1n) is 9.89. The number of hydrogen-bond donors (Lipinski definition) is 3. The monoisotopic (exact) mass is 601 g/mol. The fourth-order valence-corrected chi connectivity index (χ4v) is 4.79. The van der Waals surface area contributed by atoms with Crippen LogP contribution >= 0.6 is 44.1 Å². The number of amides is 2. The largest absolute Gasteiger partial charge is 0.495 e. The van der Waals surface area contributed by atoms with Crippen molar-refractivity contribution in [1.29, 1.82) is 0 Å². The van der Waals surface area contributed by atoms with Crippen LogP contribution < -0.4 is 20.7 Å². The molecule has 0 radical (unpaired) electrons. The summed E-state index contributed by atoms with van der Waals surface area (Å²) in [7, 11) is 1.48. The minimum Gasteiger partial charge on any atom is -0.495 e. The lowest BCUT2D eigenvalue weighted by atomic mass is 10.2. The summed E-state index contributed by atoms with van der Waals surface area (Å²) < 4.78 is 12.2. The minimum atomic E-state index is -0.425. The van der Waals surface area contributed by atoms with Crippen LogP contribution in [0.4, 0.5) is 11.4 Å². The molecule has 4 rings (SSSR count). The van der Waals surface area contributed by atoms with E-state index in [0.29, 0.717) is 37.2 Å². The van der Waals surface area contributed by atoms with Crippen molar-refractivity contribution in [3.05, 3.63) is 87.0 Å². The highest BCUT2D eigenvalue weighted by Crippen LogP contribution is 2.32. The van der Waals surface area contributed by atoms with Gasteiger partial charge in [0.05, 0.1) is 17.1 Å². The van der Waals surface area contributed by atoms with Gasteiger partial charge in [-0.25, -0.2) is 0 Å². The molecule has 4 aromatic rings. The maximum atomic E-state index is 12.7. The average Bonchev–Trinajstić information content (AvgIpc) is 3.24. The summed E-state index contributed by atoms with van der Waals surface area (Å²) in [5.41, 5.74) is 2.18. The summed E-state index contributed by atoms with van der Waals surface area (Å²) in [6, 6.07) is 19.4. The number of carbonyl (C=O) groups is 2. The van der Waals surface area contributed by atoms with Crippen LogP contribution in [0.3, 0.4) is 0 Å². The van der Waals surface area contributed by atoms with E-state index in [9.17, 15) is 9.59 Å². The Labute approximate surface area is 217 Å². The van der Waals surface area contributed by atoms with E-state index >= 15 is 0 Å². The third kappa shape index (κ3) is 5.46. The average molecular weight is 603 g/mol. The minimum absolute atomic E-state index is 0.113. The molecule has 0 saturated carbocycles. The van der Waals surface area contributed by atoms with Gasteiger partial charge in [0.2, 0.25) is 0 Å². The fourth-order valence-electron chi connectivity index (χ4n) is 3.19. The summed E-state index contributed by atoms with van der Waals surface area (Å²) in [5.74, 6) is -0.158. The van der Waals surface area contributed by atoms with Crippen molar-refractivity contribution in [2.45, 2.75) is 0 Å². The van der Waals surface area contributed by atoms with Crippen molar-refractivity contribution in [3.63, 3.8) is 0 Å². The lowest BCUT2D eigenvalue weighted by molar-refractivity contribution is 0.0972. The van der Waals surface area contributed by atoms with Gasteiger partial charge in [-0.05, 0) is 76.7 Å². The number of furan rings is 1. The smallest absolute Gasteiger partial charge is 0.291 e. The summed E-state index contributed by atoms with van der Waals surface area (Å²) in [5, 5.41) is 9.34. The Morgan fingerprint density at radius 1 is 0.912 bits per heavy atom. The highest BCUT2D eigenvalue weighted by atomic mass is 79.9. The number of halogens is 2. The number of methoxy groups -OCH3 is 1. The van der Waals surface area contributed by atoms with Crippen molar-refractivity contribution >= 4 is 83.3 Å². The standard InChI is InChI=1S/C24H17Br2N3O4S/c1-32-21-17(11-14(25)12-18(21)26)22(30)29-24(34)28-16-8-6-15(7-9-16)27-23(31)20-10-13-4-2-3-5-19(13)33-20/h2-12H,1H3,(H,27,31)(H2,28,29,30,34). The van der Waals surface area contributed by atoms with Crippen LogP contribution in [0.2, 0.25) is 0 Å². The Bertz CT molecular complexity index is 1370. The molecule has 7 nitrogen and oxygen atoms in total. The Morgan fingerprint density at radius 2 is 1.59 bits per heavy atom. The second-order valence-electron chi connectivity index (χ2n) is 7.06. The van der Waals surface area contributed by atoms with E-state index in [1.54, 1.807) is 48.5 Å². The number of benzene rings is 3. The van der Waals surface area contributed by atoms with E-state index in [-0.39, 0.29) is 16.8 Å². The first kappa shape index (κ1) is 23.9. The SMILES string of the molecule is COc1c(Br)cc(Br)cc1C(=O)NC(=S)Nc1ccc(NC(=O)c2cc3ccccc3o2)cc1. The number of para-hydroxylation sites is 1. The summed E-state index contributed by atoms with van der Waals surface area (Å²) in [6.07, 6.45) is 0. The van der Waals surface area contributed by atoms with Crippen molar-refractivity contribution in [3.8, 4) is 5.75 Å². The molecule has 10 heteroatoms. The second-order valence-corrected chi connectivity index (χ2v) is 9.23. The molecule has 0 unspecified atom stereocenters. The highest BCUT2D eigenvalue weighted by Gasteiger charge is 2.18. The number of ether oxygens (including phenoxy) is 1. The summed E-state index contributed by atoms with van der Waals surface area (Å²) >= 11 is 12.0. The molecule has 0 atom stereocenters. The predicted molar refractivity (Wildman–Crippen MR) is 143 cm³/mol. The molecular formula is C24H17Br2N3O4S. The van der Waals surface area contributed by atoms with Gasteiger partial charge in [0.15, 0.2) is 10.9 Å². The Kier molecular flexibility index (Phi) is 7.30. The molecule has 0 fully saturated rings. The number of anilines is 2. The molecule has 172 valence electrons. The van der Waals surface area contributed by atoms with Crippen LogP contribution in [0, 0.1) is 0 Å². The number of hydrogen-bond acceptors (Lipinski definition) is 5. The molecule has 1 heterocycles. The van der Waals surface area contributed by atoms with E-state index in [2.05, 4.69) is 47.8 Å². The quantitative estimate of drug-likeness (QED) is 0.231. The Morgan fingerprint density at radius 3 is 2.26 bits per heavy atom. The van der Waals surface area contributed by atoms with E-state index in [0.717, 1.165) is 5.39 Å². The topological polar surface area (TPSA) is 92.6 Å². The van der Waals surface area contributed by atoms with Gasteiger partial charge < -0.3 is 19.8 Å². The van der Waals surface area contributed by atoms with Crippen molar-refractivity contribution in [1.82, 2.24) is 5.32 Å². The number of thiocarbonyl (C=S) groups is 1. The van der Waals surface area contributed by atoms with Crippen molar-refractivity contribution < 1.29 is 18.7 Å². The zero-order valence-corrected chi connectivity index (χ0v) is 21.6. The van der Waals surface area contributed by atoms with Gasteiger partial charge in [0.25, 0.3) is 11.8 Å². The van der Waals surface area contributed by atoms with Crippen LogP contribution in [0.15, 0.2) is 80.1 Å². The molecule has 0 aliphatic heterocycles. The number of rotatable bonds is 5. The number of nitrogens with one attached hydrogen (secondary N) is 3. The molecule has 0 aliphatic rings. The molecule has 3 N–H and O–H groups in total. The van der Waals surface area contributed by atoms with Crippen LogP contribution in [-0.2, 0) is 0 Å². The number of carbonyl (C=O) groups excluding carboxylic acids is 2.